The summed E-state index contributed by atoms with van der Waals surface area (Å²) < 4.78 is 46.7. The molecule has 0 spiro atoms. The van der Waals surface area contributed by atoms with Crippen LogP contribution in [0.5, 0.6) is 0 Å². The van der Waals surface area contributed by atoms with E-state index in [1.807, 2.05) is 94.1 Å². The van der Waals surface area contributed by atoms with Gasteiger partial charge < -0.3 is 9.13 Å². The molecule has 0 aliphatic heterocycles. The number of hydrogen-bond donors (Lipinski definition) is 0. The first-order chi connectivity index (χ1) is 31.1. The van der Waals surface area contributed by atoms with Gasteiger partial charge in [-0.15, -0.1) is 0 Å². The first-order valence-corrected chi connectivity index (χ1v) is 19.8. The SMILES string of the molecule is N#Cc1cc(C#N)cc(-c2ccc3c(c2)c2ccccc2n3-c2cc(-c3cccc(C(F)(F)F)c3)cc(-n3c4ccccc4c4cc(-c5cc(C#N)cc(C#N)c5)ccc43)c2C#N)c1. The van der Waals surface area contributed by atoms with Gasteiger partial charge in [-0.3, -0.25) is 0 Å². The monoisotopic (exact) mass is 829 g/mol. The molecule has 0 radical (unpaired) electrons. The Labute approximate surface area is 363 Å². The summed E-state index contributed by atoms with van der Waals surface area (Å²) in [4.78, 5) is 0. The van der Waals surface area contributed by atoms with E-state index in [1.54, 1.807) is 42.5 Å². The Kier molecular flexibility index (Phi) is 9.06. The van der Waals surface area contributed by atoms with E-state index in [0.29, 0.717) is 66.9 Å². The zero-order chi connectivity index (χ0) is 44.3. The molecule has 298 valence electrons. The molecule has 8 aromatic carbocycles. The van der Waals surface area contributed by atoms with Crippen LogP contribution in [0.15, 0.2) is 158 Å². The fraction of sp³-hybridized carbons (Fsp3) is 0.0185. The molecule has 10 rings (SSSR count). The quantitative estimate of drug-likeness (QED) is 0.171. The molecule has 10 heteroatoms. The lowest BCUT2D eigenvalue weighted by atomic mass is 9.98. The van der Waals surface area contributed by atoms with Gasteiger partial charge in [-0.2, -0.15) is 39.5 Å². The van der Waals surface area contributed by atoms with Crippen molar-refractivity contribution in [1.29, 1.82) is 26.3 Å². The number of rotatable bonds is 5. The first kappa shape index (κ1) is 38.8. The Bertz CT molecular complexity index is 3570. The number of para-hydroxylation sites is 2. The number of fused-ring (bicyclic) bond motifs is 6. The van der Waals surface area contributed by atoms with E-state index in [2.05, 4.69) is 30.3 Å². The molecule has 0 saturated carbocycles. The van der Waals surface area contributed by atoms with Crippen LogP contribution in [0.1, 0.15) is 33.4 Å². The lowest BCUT2D eigenvalue weighted by molar-refractivity contribution is -0.137. The fourth-order valence-electron chi connectivity index (χ4n) is 8.79. The van der Waals surface area contributed by atoms with Gasteiger partial charge in [-0.05, 0) is 130 Å². The molecule has 0 fully saturated rings. The number of aromatic nitrogens is 2. The second kappa shape index (κ2) is 14.9. The maximum absolute atomic E-state index is 14.3. The highest BCUT2D eigenvalue weighted by Gasteiger charge is 2.31. The molecular weight excluding hydrogens is 804 g/mol. The normalized spacial score (nSPS) is 11.3. The Hall–Kier alpha value is -9.40. The Morgan fingerprint density at radius 3 is 1.17 bits per heavy atom. The third kappa shape index (κ3) is 6.34. The van der Waals surface area contributed by atoms with Crippen LogP contribution < -0.4 is 0 Å². The number of hydrogen-bond acceptors (Lipinski definition) is 5. The van der Waals surface area contributed by atoms with Crippen LogP contribution in [0, 0.1) is 56.7 Å². The summed E-state index contributed by atoms with van der Waals surface area (Å²) in [5.74, 6) is 0. The molecule has 0 amide bonds. The van der Waals surface area contributed by atoms with Crippen LogP contribution in [-0.4, -0.2) is 9.13 Å². The van der Waals surface area contributed by atoms with Gasteiger partial charge in [0.15, 0.2) is 0 Å². The van der Waals surface area contributed by atoms with Crippen LogP contribution in [0.2, 0.25) is 0 Å². The van der Waals surface area contributed by atoms with E-state index < -0.39 is 11.7 Å². The summed E-state index contributed by atoms with van der Waals surface area (Å²) in [6.07, 6.45) is -4.61. The molecule has 0 saturated heterocycles. The fourth-order valence-corrected chi connectivity index (χ4v) is 8.79. The van der Waals surface area contributed by atoms with Crippen LogP contribution in [0.3, 0.4) is 0 Å². The summed E-state index contributed by atoms with van der Waals surface area (Å²) >= 11 is 0. The van der Waals surface area contributed by atoms with Crippen molar-refractivity contribution in [3.8, 4) is 75.1 Å². The molecule has 2 aromatic heterocycles. The lowest BCUT2D eigenvalue weighted by Gasteiger charge is -2.19. The van der Waals surface area contributed by atoms with Gasteiger partial charge in [-0.25, -0.2) is 0 Å². The second-order valence-electron chi connectivity index (χ2n) is 15.3. The van der Waals surface area contributed by atoms with Gasteiger partial charge >= 0.3 is 6.18 Å². The number of halogens is 3. The van der Waals surface area contributed by atoms with Crippen LogP contribution >= 0.6 is 0 Å². The minimum absolute atomic E-state index is 0.259. The average molecular weight is 830 g/mol. The number of benzene rings is 8. The number of nitrogens with zero attached hydrogens (tertiary/aromatic N) is 7. The van der Waals surface area contributed by atoms with E-state index in [1.165, 1.54) is 18.2 Å². The van der Waals surface area contributed by atoms with E-state index in [4.69, 9.17) is 0 Å². The Balaban J connectivity index is 1.28. The number of alkyl halides is 3. The van der Waals surface area contributed by atoms with Crippen molar-refractivity contribution in [3.63, 3.8) is 0 Å². The summed E-state index contributed by atoms with van der Waals surface area (Å²) in [7, 11) is 0. The maximum atomic E-state index is 14.3. The molecular formula is C54H26F3N7. The van der Waals surface area contributed by atoms with Gasteiger partial charge in [0, 0.05) is 21.5 Å². The van der Waals surface area contributed by atoms with Crippen molar-refractivity contribution in [3.05, 3.63) is 191 Å². The molecule has 0 unspecified atom stereocenters. The molecule has 64 heavy (non-hydrogen) atoms. The molecule has 7 nitrogen and oxygen atoms in total. The van der Waals surface area contributed by atoms with Crippen molar-refractivity contribution < 1.29 is 13.2 Å². The highest BCUT2D eigenvalue weighted by Crippen LogP contribution is 2.43. The van der Waals surface area contributed by atoms with Gasteiger partial charge in [0.25, 0.3) is 0 Å². The van der Waals surface area contributed by atoms with E-state index in [0.717, 1.165) is 55.8 Å². The Morgan fingerprint density at radius 2 is 0.750 bits per heavy atom. The Morgan fingerprint density at radius 1 is 0.344 bits per heavy atom. The van der Waals surface area contributed by atoms with E-state index in [-0.39, 0.29) is 5.56 Å². The summed E-state index contributed by atoms with van der Waals surface area (Å²) in [5.41, 5.74) is 8.22. The summed E-state index contributed by atoms with van der Waals surface area (Å²) in [5, 5.41) is 53.5. The second-order valence-corrected chi connectivity index (χ2v) is 15.3. The third-order valence-corrected chi connectivity index (χ3v) is 11.6. The zero-order valence-corrected chi connectivity index (χ0v) is 33.3. The molecule has 0 bridgehead atoms. The van der Waals surface area contributed by atoms with Crippen LogP contribution in [0.4, 0.5) is 13.2 Å². The number of nitriles is 5. The standard InChI is InChI=1S/C54H26F3N7/c55-54(56,57)42-7-5-6-36(22-42)41-25-52(63-48-10-3-1-8-43(48)45-23-37(12-14-50(45)63)39-18-32(27-58)16-33(19-39)28-59)47(31-62)53(26-41)64-49-11-4-2-9-44(49)46-24-38(13-15-51(46)64)40-20-34(29-60)17-35(21-40)30-61/h1-26H. The topological polar surface area (TPSA) is 129 Å². The van der Waals surface area contributed by atoms with Crippen LogP contribution in [0.25, 0.3) is 88.4 Å². The van der Waals surface area contributed by atoms with Crippen molar-refractivity contribution in [2.45, 2.75) is 6.18 Å². The van der Waals surface area contributed by atoms with Gasteiger partial charge in [0.2, 0.25) is 0 Å². The first-order valence-electron chi connectivity index (χ1n) is 19.8. The maximum Gasteiger partial charge on any atom is 0.416 e. The van der Waals surface area contributed by atoms with Crippen LogP contribution in [-0.2, 0) is 6.18 Å². The molecule has 0 aliphatic rings. The van der Waals surface area contributed by atoms with E-state index >= 15 is 0 Å². The predicted octanol–water partition coefficient (Wildman–Crippen LogP) is 13.3. The van der Waals surface area contributed by atoms with E-state index in [9.17, 15) is 39.5 Å². The highest BCUT2D eigenvalue weighted by molar-refractivity contribution is 6.12. The largest absolute Gasteiger partial charge is 0.416 e. The smallest absolute Gasteiger partial charge is 0.308 e. The minimum Gasteiger partial charge on any atom is -0.308 e. The zero-order valence-electron chi connectivity index (χ0n) is 33.3. The lowest BCUT2D eigenvalue weighted by Crippen LogP contribution is -2.06. The molecule has 0 atom stereocenters. The van der Waals surface area contributed by atoms with Gasteiger partial charge in [0.1, 0.15) is 11.6 Å². The average Bonchev–Trinajstić information content (AvgIpc) is 3.85. The highest BCUT2D eigenvalue weighted by atomic mass is 19.4. The van der Waals surface area contributed by atoms with Gasteiger partial charge in [0.05, 0.1) is 85.5 Å². The molecule has 0 N–H and O–H groups in total. The van der Waals surface area contributed by atoms with Crippen molar-refractivity contribution in [2.24, 2.45) is 0 Å². The summed E-state index contributed by atoms with van der Waals surface area (Å²) in [6.45, 7) is 0. The van der Waals surface area contributed by atoms with Crippen molar-refractivity contribution in [2.75, 3.05) is 0 Å². The van der Waals surface area contributed by atoms with Crippen molar-refractivity contribution in [1.82, 2.24) is 9.13 Å². The molecule has 2 heterocycles. The van der Waals surface area contributed by atoms with Gasteiger partial charge in [-0.1, -0.05) is 60.7 Å². The van der Waals surface area contributed by atoms with Crippen molar-refractivity contribution >= 4 is 43.6 Å². The molecule has 10 aromatic rings. The molecule has 0 aliphatic carbocycles. The minimum atomic E-state index is -4.61. The third-order valence-electron chi connectivity index (χ3n) is 11.6. The predicted molar refractivity (Wildman–Crippen MR) is 240 cm³/mol. The summed E-state index contributed by atoms with van der Waals surface area (Å²) in [6, 6.07) is 56.5.